The standard InChI is InChI=1S/C21H28FN3O4/c1-13(2)21(28)25-11-14-4-6-16(12-25)24-20(27)17-10-15(22)5-7-18(17)29-9-3-8-23-19(14)26/h5,7,10,13-14,16H,3-4,6,8-9,11-12H2,1-2H3,(H,23,26)(H,24,27)/t14-,16+/m0/s1. The van der Waals surface area contributed by atoms with Crippen molar-refractivity contribution in [2.24, 2.45) is 11.8 Å². The number of hydrogen-bond acceptors (Lipinski definition) is 4. The molecule has 8 heteroatoms. The first-order chi connectivity index (χ1) is 13.8. The molecule has 158 valence electrons. The molecule has 0 aliphatic carbocycles. The molecule has 2 bridgehead atoms. The van der Waals surface area contributed by atoms with E-state index in [0.29, 0.717) is 44.6 Å². The van der Waals surface area contributed by atoms with Crippen LogP contribution in [0.15, 0.2) is 18.2 Å². The van der Waals surface area contributed by atoms with Crippen LogP contribution in [0.3, 0.4) is 0 Å². The Morgan fingerprint density at radius 2 is 2.03 bits per heavy atom. The van der Waals surface area contributed by atoms with Crippen LogP contribution in [-0.2, 0) is 9.59 Å². The minimum absolute atomic E-state index is 0.0527. The number of halogens is 1. The SMILES string of the molecule is CC(C)C(=O)N1C[C@H]2CC[C@@H](C1)C(=O)NCCCOc1ccc(F)cc1C(=O)N2. The second-order valence-electron chi connectivity index (χ2n) is 7.98. The van der Waals surface area contributed by atoms with Gasteiger partial charge in [0, 0.05) is 31.6 Å². The molecular weight excluding hydrogens is 377 g/mol. The highest BCUT2D eigenvalue weighted by molar-refractivity contribution is 5.97. The van der Waals surface area contributed by atoms with Gasteiger partial charge in [-0.25, -0.2) is 4.39 Å². The summed E-state index contributed by atoms with van der Waals surface area (Å²) in [5.74, 6) is -1.34. The van der Waals surface area contributed by atoms with Crippen molar-refractivity contribution in [1.29, 1.82) is 0 Å². The topological polar surface area (TPSA) is 87.7 Å². The summed E-state index contributed by atoms with van der Waals surface area (Å²) >= 11 is 0. The zero-order valence-corrected chi connectivity index (χ0v) is 16.9. The molecule has 0 spiro atoms. The average molecular weight is 405 g/mol. The third-order valence-electron chi connectivity index (χ3n) is 5.32. The number of carbonyl (C=O) groups excluding carboxylic acids is 3. The quantitative estimate of drug-likeness (QED) is 0.745. The summed E-state index contributed by atoms with van der Waals surface area (Å²) in [6, 6.07) is 3.51. The van der Waals surface area contributed by atoms with Crippen LogP contribution < -0.4 is 15.4 Å². The number of rotatable bonds is 1. The minimum Gasteiger partial charge on any atom is -0.493 e. The van der Waals surface area contributed by atoms with Gasteiger partial charge in [-0.05, 0) is 37.5 Å². The third kappa shape index (κ3) is 5.25. The molecule has 2 atom stereocenters. The minimum atomic E-state index is -0.520. The van der Waals surface area contributed by atoms with Crippen LogP contribution in [0, 0.1) is 17.7 Å². The highest BCUT2D eigenvalue weighted by atomic mass is 19.1. The van der Waals surface area contributed by atoms with Crippen molar-refractivity contribution in [1.82, 2.24) is 15.5 Å². The van der Waals surface area contributed by atoms with E-state index < -0.39 is 11.7 Å². The molecule has 0 radical (unpaired) electrons. The van der Waals surface area contributed by atoms with Gasteiger partial charge in [-0.3, -0.25) is 14.4 Å². The van der Waals surface area contributed by atoms with E-state index in [0.717, 1.165) is 6.07 Å². The summed E-state index contributed by atoms with van der Waals surface area (Å²) in [6.07, 6.45) is 1.66. The molecule has 1 fully saturated rings. The van der Waals surface area contributed by atoms with E-state index in [1.54, 1.807) is 4.90 Å². The van der Waals surface area contributed by atoms with Crippen LogP contribution in [-0.4, -0.2) is 54.9 Å². The fourth-order valence-corrected chi connectivity index (χ4v) is 3.75. The summed E-state index contributed by atoms with van der Waals surface area (Å²) < 4.78 is 19.4. The van der Waals surface area contributed by atoms with Gasteiger partial charge in [0.05, 0.1) is 18.1 Å². The first-order valence-corrected chi connectivity index (χ1v) is 10.1. The maximum atomic E-state index is 13.8. The number of amides is 3. The van der Waals surface area contributed by atoms with E-state index in [1.165, 1.54) is 12.1 Å². The van der Waals surface area contributed by atoms with Crippen LogP contribution in [0.1, 0.15) is 43.5 Å². The Balaban J connectivity index is 1.90. The Kier molecular flexibility index (Phi) is 6.71. The van der Waals surface area contributed by atoms with Gasteiger partial charge in [-0.1, -0.05) is 13.8 Å². The number of nitrogens with zero attached hydrogens (tertiary/aromatic N) is 1. The monoisotopic (exact) mass is 405 g/mol. The number of ether oxygens (including phenoxy) is 1. The maximum absolute atomic E-state index is 13.8. The molecule has 0 unspecified atom stereocenters. The van der Waals surface area contributed by atoms with Gasteiger partial charge in [0.25, 0.3) is 5.91 Å². The number of benzene rings is 1. The van der Waals surface area contributed by atoms with Crippen LogP contribution in [0.5, 0.6) is 5.75 Å². The third-order valence-corrected chi connectivity index (χ3v) is 5.32. The summed E-state index contributed by atoms with van der Waals surface area (Å²) in [5, 5.41) is 5.83. The molecule has 0 saturated carbocycles. The first-order valence-electron chi connectivity index (χ1n) is 10.1. The Morgan fingerprint density at radius 3 is 2.79 bits per heavy atom. The summed E-state index contributed by atoms with van der Waals surface area (Å²) in [7, 11) is 0. The smallest absolute Gasteiger partial charge is 0.255 e. The summed E-state index contributed by atoms with van der Waals surface area (Å²) in [4.78, 5) is 39.8. The van der Waals surface area contributed by atoms with Crippen molar-refractivity contribution in [2.75, 3.05) is 26.2 Å². The lowest BCUT2D eigenvalue weighted by Crippen LogP contribution is -2.47. The molecule has 1 saturated heterocycles. The molecule has 2 heterocycles. The molecule has 2 N–H and O–H groups in total. The second kappa shape index (κ2) is 9.24. The van der Waals surface area contributed by atoms with E-state index in [4.69, 9.17) is 4.74 Å². The molecule has 29 heavy (non-hydrogen) atoms. The van der Waals surface area contributed by atoms with E-state index in [-0.39, 0.29) is 41.9 Å². The molecule has 2 aliphatic heterocycles. The van der Waals surface area contributed by atoms with Gasteiger partial charge in [-0.2, -0.15) is 0 Å². The largest absolute Gasteiger partial charge is 0.493 e. The number of carbonyl (C=O) groups is 3. The van der Waals surface area contributed by atoms with Crippen LogP contribution in [0.25, 0.3) is 0 Å². The van der Waals surface area contributed by atoms with Crippen molar-refractivity contribution in [3.05, 3.63) is 29.6 Å². The van der Waals surface area contributed by atoms with Gasteiger partial charge in [0.1, 0.15) is 11.6 Å². The predicted molar refractivity (Wildman–Crippen MR) is 105 cm³/mol. The van der Waals surface area contributed by atoms with Crippen molar-refractivity contribution < 1.29 is 23.5 Å². The zero-order chi connectivity index (χ0) is 21.0. The molecular formula is C21H28FN3O4. The van der Waals surface area contributed by atoms with Crippen LogP contribution in [0.4, 0.5) is 4.39 Å². The lowest BCUT2D eigenvalue weighted by Gasteiger charge is -2.28. The normalized spacial score (nSPS) is 23.4. The fourth-order valence-electron chi connectivity index (χ4n) is 3.75. The lowest BCUT2D eigenvalue weighted by atomic mass is 10.0. The number of likely N-dealkylation sites (tertiary alicyclic amines) is 1. The predicted octanol–water partition coefficient (Wildman–Crippen LogP) is 1.72. The van der Waals surface area contributed by atoms with Crippen molar-refractivity contribution in [3.8, 4) is 5.75 Å². The van der Waals surface area contributed by atoms with Gasteiger partial charge in [-0.15, -0.1) is 0 Å². The lowest BCUT2D eigenvalue weighted by molar-refractivity contribution is -0.136. The van der Waals surface area contributed by atoms with Gasteiger partial charge in [0.2, 0.25) is 11.8 Å². The van der Waals surface area contributed by atoms with Gasteiger partial charge < -0.3 is 20.3 Å². The Hall–Kier alpha value is -2.64. The van der Waals surface area contributed by atoms with Crippen LogP contribution in [0.2, 0.25) is 0 Å². The van der Waals surface area contributed by atoms with Crippen molar-refractivity contribution in [2.45, 2.75) is 39.2 Å². The molecule has 1 aromatic carbocycles. The number of nitrogens with one attached hydrogen (secondary N) is 2. The van der Waals surface area contributed by atoms with Crippen molar-refractivity contribution >= 4 is 17.7 Å². The molecule has 7 nitrogen and oxygen atoms in total. The number of hydrogen-bond donors (Lipinski definition) is 2. The van der Waals surface area contributed by atoms with Crippen LogP contribution >= 0.6 is 0 Å². The van der Waals surface area contributed by atoms with Crippen molar-refractivity contribution in [3.63, 3.8) is 0 Å². The second-order valence-corrected chi connectivity index (χ2v) is 7.98. The number of fused-ring (bicyclic) bond motifs is 4. The summed E-state index contributed by atoms with van der Waals surface area (Å²) in [5.41, 5.74) is 0.133. The van der Waals surface area contributed by atoms with E-state index >= 15 is 0 Å². The molecule has 0 aromatic heterocycles. The molecule has 1 aromatic rings. The Bertz CT molecular complexity index is 783. The van der Waals surface area contributed by atoms with Gasteiger partial charge >= 0.3 is 0 Å². The fraction of sp³-hybridized carbons (Fsp3) is 0.571. The molecule has 3 rings (SSSR count). The Labute approximate surface area is 170 Å². The van der Waals surface area contributed by atoms with E-state index in [9.17, 15) is 18.8 Å². The highest BCUT2D eigenvalue weighted by Gasteiger charge is 2.32. The van der Waals surface area contributed by atoms with Gasteiger partial charge in [0.15, 0.2) is 0 Å². The van der Waals surface area contributed by atoms with E-state index in [2.05, 4.69) is 10.6 Å². The first kappa shape index (κ1) is 21.1. The Morgan fingerprint density at radius 1 is 1.24 bits per heavy atom. The molecule has 3 amide bonds. The molecule has 2 aliphatic rings. The average Bonchev–Trinajstić information content (AvgIpc) is 2.90. The zero-order valence-electron chi connectivity index (χ0n) is 16.9. The summed E-state index contributed by atoms with van der Waals surface area (Å²) in [6.45, 7) is 5.00. The highest BCUT2D eigenvalue weighted by Crippen LogP contribution is 2.23. The van der Waals surface area contributed by atoms with E-state index in [1.807, 2.05) is 13.8 Å². The maximum Gasteiger partial charge on any atom is 0.255 e.